The number of ketones is 1. The molecular weight excluding hydrogens is 457 g/mol. The van der Waals surface area contributed by atoms with Gasteiger partial charge in [-0.25, -0.2) is 4.39 Å². The van der Waals surface area contributed by atoms with Crippen LogP contribution in [0.5, 0.6) is 5.75 Å². The number of carbonyl (C=O) groups is 2. The Morgan fingerprint density at radius 2 is 1.58 bits per heavy atom. The monoisotopic (exact) mass is 487 g/mol. The van der Waals surface area contributed by atoms with E-state index in [0.29, 0.717) is 28.5 Å². The molecule has 0 radical (unpaired) electrons. The molecule has 1 heterocycles. The van der Waals surface area contributed by atoms with Crippen molar-refractivity contribution in [1.29, 1.82) is 0 Å². The lowest BCUT2D eigenvalue weighted by Crippen LogP contribution is -2.29. The summed E-state index contributed by atoms with van der Waals surface area (Å²) in [5, 5.41) is 11.2. The fourth-order valence-corrected chi connectivity index (χ4v) is 4.38. The van der Waals surface area contributed by atoms with Crippen LogP contribution in [-0.4, -0.2) is 22.9 Å². The van der Waals surface area contributed by atoms with Crippen molar-refractivity contribution in [3.63, 3.8) is 0 Å². The quantitative estimate of drug-likeness (QED) is 0.240. The standard InChI is InChI=1S/C30H30FNO4/c1-17(2)20-6-11-23(12-7-20)32-27(21-8-13-24(14-9-21)36-18(3)4)26(29(34)30(32)35)28(33)22-10-15-25(31)19(5)16-22/h6-18,27,33H,1-5H3/b28-26-. The number of Topliss-reactive ketones (excluding diaryl/α,β-unsaturated/α-hetero) is 1. The number of carbonyl (C=O) groups excluding carboxylic acids is 2. The molecular formula is C30H30FNO4. The minimum absolute atomic E-state index is 0.0114. The third-order valence-corrected chi connectivity index (χ3v) is 6.28. The predicted octanol–water partition coefficient (Wildman–Crippen LogP) is 6.67. The minimum Gasteiger partial charge on any atom is -0.507 e. The van der Waals surface area contributed by atoms with E-state index in [4.69, 9.17) is 4.74 Å². The first-order valence-corrected chi connectivity index (χ1v) is 12.0. The predicted molar refractivity (Wildman–Crippen MR) is 139 cm³/mol. The number of rotatable bonds is 6. The fraction of sp³-hybridized carbons (Fsp3) is 0.267. The molecule has 6 heteroatoms. The van der Waals surface area contributed by atoms with Crippen molar-refractivity contribution in [2.75, 3.05) is 4.90 Å². The maximum absolute atomic E-state index is 13.9. The number of hydrogen-bond donors (Lipinski definition) is 1. The van der Waals surface area contributed by atoms with Gasteiger partial charge in [0.15, 0.2) is 0 Å². The van der Waals surface area contributed by atoms with Gasteiger partial charge in [-0.1, -0.05) is 38.1 Å². The second-order valence-electron chi connectivity index (χ2n) is 9.61. The van der Waals surface area contributed by atoms with E-state index < -0.39 is 23.5 Å². The lowest BCUT2D eigenvalue weighted by Gasteiger charge is -2.26. The van der Waals surface area contributed by atoms with E-state index in [2.05, 4.69) is 13.8 Å². The van der Waals surface area contributed by atoms with Crippen molar-refractivity contribution < 1.29 is 23.8 Å². The van der Waals surface area contributed by atoms with Gasteiger partial charge in [0.1, 0.15) is 17.3 Å². The first-order chi connectivity index (χ1) is 17.1. The summed E-state index contributed by atoms with van der Waals surface area (Å²) in [5.41, 5.74) is 2.83. The maximum atomic E-state index is 13.9. The van der Waals surface area contributed by atoms with E-state index in [1.165, 1.54) is 23.1 Å². The summed E-state index contributed by atoms with van der Waals surface area (Å²) in [6.07, 6.45) is -0.0114. The van der Waals surface area contributed by atoms with Crippen molar-refractivity contribution in [3.8, 4) is 5.75 Å². The second kappa shape index (κ2) is 9.97. The Morgan fingerprint density at radius 1 is 0.944 bits per heavy atom. The molecule has 1 aliphatic rings. The number of aryl methyl sites for hydroxylation is 1. The first-order valence-electron chi connectivity index (χ1n) is 12.0. The van der Waals surface area contributed by atoms with E-state index in [9.17, 15) is 19.1 Å². The highest BCUT2D eigenvalue weighted by Crippen LogP contribution is 2.42. The molecule has 1 amide bonds. The average molecular weight is 488 g/mol. The Balaban J connectivity index is 1.88. The molecule has 4 rings (SSSR count). The van der Waals surface area contributed by atoms with E-state index in [1.54, 1.807) is 31.2 Å². The fourth-order valence-electron chi connectivity index (χ4n) is 4.38. The zero-order chi connectivity index (χ0) is 26.1. The number of anilines is 1. The summed E-state index contributed by atoms with van der Waals surface area (Å²) >= 11 is 0. The van der Waals surface area contributed by atoms with Crippen molar-refractivity contribution >= 4 is 23.1 Å². The molecule has 36 heavy (non-hydrogen) atoms. The van der Waals surface area contributed by atoms with Gasteiger partial charge in [0.2, 0.25) is 0 Å². The van der Waals surface area contributed by atoms with E-state index >= 15 is 0 Å². The Kier molecular flexibility index (Phi) is 6.97. The molecule has 1 N–H and O–H groups in total. The van der Waals surface area contributed by atoms with E-state index in [1.807, 2.05) is 38.1 Å². The number of hydrogen-bond acceptors (Lipinski definition) is 4. The van der Waals surface area contributed by atoms with Gasteiger partial charge in [0, 0.05) is 11.3 Å². The molecule has 3 aromatic carbocycles. The van der Waals surface area contributed by atoms with Crippen molar-refractivity contribution in [2.45, 2.75) is 52.7 Å². The highest BCUT2D eigenvalue weighted by Gasteiger charge is 2.47. The largest absolute Gasteiger partial charge is 0.507 e. The Labute approximate surface area is 210 Å². The average Bonchev–Trinajstić information content (AvgIpc) is 3.11. The topological polar surface area (TPSA) is 66.8 Å². The van der Waals surface area contributed by atoms with Crippen molar-refractivity contribution in [2.24, 2.45) is 0 Å². The summed E-state index contributed by atoms with van der Waals surface area (Å²) in [7, 11) is 0. The van der Waals surface area contributed by atoms with Crippen LogP contribution >= 0.6 is 0 Å². The smallest absolute Gasteiger partial charge is 0.300 e. The van der Waals surface area contributed by atoms with Crippen LogP contribution in [0.1, 0.15) is 61.9 Å². The molecule has 0 aromatic heterocycles. The zero-order valence-corrected chi connectivity index (χ0v) is 21.1. The molecule has 1 unspecified atom stereocenters. The van der Waals surface area contributed by atoms with Gasteiger partial charge in [-0.15, -0.1) is 0 Å². The Hall–Kier alpha value is -3.93. The number of aliphatic hydroxyl groups excluding tert-OH is 1. The summed E-state index contributed by atoms with van der Waals surface area (Å²) < 4.78 is 19.6. The number of aliphatic hydroxyl groups is 1. The molecule has 1 atom stereocenters. The molecule has 1 saturated heterocycles. The van der Waals surface area contributed by atoms with Crippen LogP contribution in [0.2, 0.25) is 0 Å². The molecule has 0 aliphatic carbocycles. The van der Waals surface area contributed by atoms with Crippen LogP contribution in [0.4, 0.5) is 10.1 Å². The zero-order valence-electron chi connectivity index (χ0n) is 21.1. The van der Waals surface area contributed by atoms with Gasteiger partial charge in [0.25, 0.3) is 11.7 Å². The number of benzene rings is 3. The molecule has 0 saturated carbocycles. The third-order valence-electron chi connectivity index (χ3n) is 6.28. The Bertz CT molecular complexity index is 1320. The molecule has 5 nitrogen and oxygen atoms in total. The number of amides is 1. The van der Waals surface area contributed by atoms with Gasteiger partial charge in [-0.2, -0.15) is 0 Å². The molecule has 0 spiro atoms. The molecule has 186 valence electrons. The molecule has 0 bridgehead atoms. The SMILES string of the molecule is Cc1cc(/C(O)=C2/C(=O)C(=O)N(c3ccc(C(C)C)cc3)C2c2ccc(OC(C)C)cc2)ccc1F. The van der Waals surface area contributed by atoms with Crippen LogP contribution < -0.4 is 9.64 Å². The summed E-state index contributed by atoms with van der Waals surface area (Å²) in [6.45, 7) is 9.58. The van der Waals surface area contributed by atoms with Crippen molar-refractivity contribution in [1.82, 2.24) is 0 Å². The highest BCUT2D eigenvalue weighted by atomic mass is 19.1. The van der Waals surface area contributed by atoms with Gasteiger partial charge in [-0.3, -0.25) is 14.5 Å². The van der Waals surface area contributed by atoms with Crippen LogP contribution in [0.3, 0.4) is 0 Å². The maximum Gasteiger partial charge on any atom is 0.300 e. The number of halogens is 1. The lowest BCUT2D eigenvalue weighted by molar-refractivity contribution is -0.132. The lowest BCUT2D eigenvalue weighted by atomic mass is 9.94. The number of ether oxygens (including phenoxy) is 1. The summed E-state index contributed by atoms with van der Waals surface area (Å²) in [4.78, 5) is 28.1. The highest BCUT2D eigenvalue weighted by molar-refractivity contribution is 6.51. The van der Waals surface area contributed by atoms with Crippen LogP contribution in [0, 0.1) is 12.7 Å². The normalized spacial score (nSPS) is 17.3. The van der Waals surface area contributed by atoms with Crippen LogP contribution in [0.25, 0.3) is 5.76 Å². The van der Waals surface area contributed by atoms with Gasteiger partial charge in [-0.05, 0) is 85.8 Å². The number of nitrogens with zero attached hydrogens (tertiary/aromatic N) is 1. The molecule has 1 aliphatic heterocycles. The first kappa shape index (κ1) is 25.2. The van der Waals surface area contributed by atoms with Crippen molar-refractivity contribution in [3.05, 3.63) is 100 Å². The minimum atomic E-state index is -0.867. The Morgan fingerprint density at radius 3 is 2.14 bits per heavy atom. The summed E-state index contributed by atoms with van der Waals surface area (Å²) in [5.74, 6) is -1.34. The second-order valence-corrected chi connectivity index (χ2v) is 9.61. The van der Waals surface area contributed by atoms with Crippen LogP contribution in [0.15, 0.2) is 72.3 Å². The van der Waals surface area contributed by atoms with Gasteiger partial charge >= 0.3 is 0 Å². The third kappa shape index (κ3) is 4.76. The molecule has 3 aromatic rings. The summed E-state index contributed by atoms with van der Waals surface area (Å²) in [6, 6.07) is 17.8. The molecule has 1 fully saturated rings. The van der Waals surface area contributed by atoms with E-state index in [0.717, 1.165) is 5.56 Å². The van der Waals surface area contributed by atoms with Crippen LogP contribution in [-0.2, 0) is 9.59 Å². The van der Waals surface area contributed by atoms with Gasteiger partial charge in [0.05, 0.1) is 17.7 Å². The van der Waals surface area contributed by atoms with E-state index in [-0.39, 0.29) is 23.0 Å². The van der Waals surface area contributed by atoms with Gasteiger partial charge < -0.3 is 9.84 Å².